The number of hydrogen-bond donors (Lipinski definition) is 0. The maximum Gasteiger partial charge on any atom is 0.165 e. The second kappa shape index (κ2) is 4.67. The molecule has 1 saturated carbocycles. The van der Waals surface area contributed by atoms with Gasteiger partial charge in [0.2, 0.25) is 0 Å². The van der Waals surface area contributed by atoms with Crippen LogP contribution in [0.2, 0.25) is 5.02 Å². The molecule has 0 atom stereocenters. The summed E-state index contributed by atoms with van der Waals surface area (Å²) in [5, 5.41) is 0.651. The van der Waals surface area contributed by atoms with Crippen LogP contribution in [0.4, 0.5) is 0 Å². The van der Waals surface area contributed by atoms with Crippen LogP contribution in [0.3, 0.4) is 0 Å². The lowest BCUT2D eigenvalue weighted by atomic mass is 9.96. The summed E-state index contributed by atoms with van der Waals surface area (Å²) in [4.78, 5) is 12.0. The van der Waals surface area contributed by atoms with Crippen molar-refractivity contribution >= 4 is 33.3 Å². The molecule has 2 rings (SSSR count). The van der Waals surface area contributed by atoms with Gasteiger partial charge < -0.3 is 0 Å². The fraction of sp³-hybridized carbons (Fsp3) is 0.417. The van der Waals surface area contributed by atoms with Gasteiger partial charge in [-0.2, -0.15) is 0 Å². The highest BCUT2D eigenvalue weighted by atomic mass is 79.9. The Kier molecular flexibility index (Phi) is 3.47. The predicted molar refractivity (Wildman–Crippen MR) is 65.4 cm³/mol. The normalized spacial score (nSPS) is 16.9. The summed E-state index contributed by atoms with van der Waals surface area (Å²) in [5.41, 5.74) is 0.776. The Morgan fingerprint density at radius 3 is 2.60 bits per heavy atom. The Hall–Kier alpha value is -0.340. The zero-order valence-corrected chi connectivity index (χ0v) is 10.6. The van der Waals surface area contributed by atoms with Gasteiger partial charge in [0, 0.05) is 16.0 Å². The molecular weight excluding hydrogens is 275 g/mol. The third-order valence-corrected chi connectivity index (χ3v) is 4.14. The maximum atomic E-state index is 12.0. The van der Waals surface area contributed by atoms with E-state index < -0.39 is 0 Å². The molecule has 1 aromatic rings. The molecule has 0 bridgehead atoms. The number of carbonyl (C=O) groups is 1. The van der Waals surface area contributed by atoms with Crippen molar-refractivity contribution in [2.24, 2.45) is 5.92 Å². The van der Waals surface area contributed by atoms with Crippen molar-refractivity contribution in [3.63, 3.8) is 0 Å². The van der Waals surface area contributed by atoms with Gasteiger partial charge in [-0.25, -0.2) is 0 Å². The molecule has 1 aliphatic carbocycles. The molecule has 0 aliphatic heterocycles. The molecule has 0 heterocycles. The Labute approximate surface area is 103 Å². The maximum absolute atomic E-state index is 12.0. The molecule has 0 unspecified atom stereocenters. The number of carbonyl (C=O) groups excluding carboxylic acids is 1. The molecule has 0 spiro atoms. The Balaban J connectivity index is 2.21. The molecule has 1 fully saturated rings. The minimum atomic E-state index is 0.234. The van der Waals surface area contributed by atoms with Gasteiger partial charge in [0.25, 0.3) is 0 Å². The monoisotopic (exact) mass is 286 g/mol. The molecule has 0 N–H and O–H groups in total. The topological polar surface area (TPSA) is 17.1 Å². The zero-order chi connectivity index (χ0) is 10.8. The quantitative estimate of drug-likeness (QED) is 0.733. The molecule has 80 valence electrons. The van der Waals surface area contributed by atoms with Crippen LogP contribution in [0.15, 0.2) is 22.7 Å². The number of rotatable bonds is 2. The molecule has 0 saturated heterocycles. The average Bonchev–Trinajstić information content (AvgIpc) is 2.74. The van der Waals surface area contributed by atoms with E-state index in [0.29, 0.717) is 5.02 Å². The van der Waals surface area contributed by atoms with Crippen LogP contribution in [-0.2, 0) is 0 Å². The Morgan fingerprint density at radius 2 is 2.00 bits per heavy atom. The van der Waals surface area contributed by atoms with Crippen LogP contribution in [0, 0.1) is 5.92 Å². The molecule has 3 heteroatoms. The average molecular weight is 288 g/mol. The molecule has 1 aromatic carbocycles. The van der Waals surface area contributed by atoms with E-state index in [1.54, 1.807) is 6.07 Å². The number of benzene rings is 1. The highest BCUT2D eigenvalue weighted by Gasteiger charge is 2.23. The fourth-order valence-corrected chi connectivity index (χ4v) is 2.57. The summed E-state index contributed by atoms with van der Waals surface area (Å²) in [5.74, 6) is 0.503. The first kappa shape index (κ1) is 11.2. The van der Waals surface area contributed by atoms with Crippen molar-refractivity contribution in [1.82, 2.24) is 0 Å². The minimum Gasteiger partial charge on any atom is -0.294 e. The first-order valence-corrected chi connectivity index (χ1v) is 6.35. The molecule has 0 radical (unpaired) electrons. The van der Waals surface area contributed by atoms with Crippen LogP contribution in [0.5, 0.6) is 0 Å². The van der Waals surface area contributed by atoms with Crippen molar-refractivity contribution in [1.29, 1.82) is 0 Å². The number of hydrogen-bond acceptors (Lipinski definition) is 1. The van der Waals surface area contributed by atoms with E-state index >= 15 is 0 Å². The lowest BCUT2D eigenvalue weighted by Crippen LogP contribution is -2.10. The van der Waals surface area contributed by atoms with Gasteiger partial charge in [-0.05, 0) is 47.0 Å². The van der Waals surface area contributed by atoms with Gasteiger partial charge in [-0.15, -0.1) is 0 Å². The lowest BCUT2D eigenvalue weighted by Gasteiger charge is -2.08. The Morgan fingerprint density at radius 1 is 1.33 bits per heavy atom. The van der Waals surface area contributed by atoms with Crippen molar-refractivity contribution in [3.8, 4) is 0 Å². The minimum absolute atomic E-state index is 0.234. The smallest absolute Gasteiger partial charge is 0.165 e. The zero-order valence-electron chi connectivity index (χ0n) is 8.30. The van der Waals surface area contributed by atoms with Crippen LogP contribution in [0.25, 0.3) is 0 Å². The lowest BCUT2D eigenvalue weighted by molar-refractivity contribution is 0.0923. The Bertz CT molecular complexity index is 383. The molecule has 1 aliphatic rings. The van der Waals surface area contributed by atoms with Crippen molar-refractivity contribution in [2.45, 2.75) is 25.7 Å². The first-order valence-electron chi connectivity index (χ1n) is 5.18. The van der Waals surface area contributed by atoms with Gasteiger partial charge in [-0.3, -0.25) is 4.79 Å². The summed E-state index contributed by atoms with van der Waals surface area (Å²) >= 11 is 9.23. The number of Topliss-reactive ketones (excluding diaryl/α,β-unsaturated/α-hetero) is 1. The van der Waals surface area contributed by atoms with E-state index in [1.807, 2.05) is 12.1 Å². The summed E-state index contributed by atoms with van der Waals surface area (Å²) < 4.78 is 0.799. The van der Waals surface area contributed by atoms with Gasteiger partial charge in [-0.1, -0.05) is 24.4 Å². The highest BCUT2D eigenvalue weighted by molar-refractivity contribution is 9.10. The van der Waals surface area contributed by atoms with Gasteiger partial charge in [0.05, 0.1) is 5.02 Å². The number of halogens is 2. The highest BCUT2D eigenvalue weighted by Crippen LogP contribution is 2.30. The van der Waals surface area contributed by atoms with Gasteiger partial charge >= 0.3 is 0 Å². The van der Waals surface area contributed by atoms with E-state index in [-0.39, 0.29) is 11.7 Å². The van der Waals surface area contributed by atoms with Crippen molar-refractivity contribution in [3.05, 3.63) is 33.3 Å². The molecule has 15 heavy (non-hydrogen) atoms. The summed E-state index contributed by atoms with van der Waals surface area (Å²) in [6.45, 7) is 0. The standard InChI is InChI=1S/C12H12BrClO/c13-10-7-9(5-6-11(10)14)12(15)8-3-1-2-4-8/h5-8H,1-4H2. The summed E-state index contributed by atoms with van der Waals surface area (Å²) in [6.07, 6.45) is 4.45. The number of ketones is 1. The molecule has 0 amide bonds. The first-order chi connectivity index (χ1) is 7.18. The third kappa shape index (κ3) is 2.43. The van der Waals surface area contributed by atoms with E-state index in [4.69, 9.17) is 11.6 Å². The molecule has 1 nitrogen and oxygen atoms in total. The van der Waals surface area contributed by atoms with E-state index in [1.165, 1.54) is 12.8 Å². The van der Waals surface area contributed by atoms with Crippen LogP contribution >= 0.6 is 27.5 Å². The SMILES string of the molecule is O=C(c1ccc(Cl)c(Br)c1)C1CCCC1. The van der Waals surface area contributed by atoms with E-state index in [2.05, 4.69) is 15.9 Å². The largest absolute Gasteiger partial charge is 0.294 e. The summed E-state index contributed by atoms with van der Waals surface area (Å²) in [6, 6.07) is 5.41. The second-order valence-corrected chi connectivity index (χ2v) is 5.24. The van der Waals surface area contributed by atoms with Crippen LogP contribution in [-0.4, -0.2) is 5.78 Å². The van der Waals surface area contributed by atoms with E-state index in [0.717, 1.165) is 22.9 Å². The summed E-state index contributed by atoms with van der Waals surface area (Å²) in [7, 11) is 0. The van der Waals surface area contributed by atoms with E-state index in [9.17, 15) is 4.79 Å². The second-order valence-electron chi connectivity index (χ2n) is 3.97. The van der Waals surface area contributed by atoms with Crippen LogP contribution in [0.1, 0.15) is 36.0 Å². The van der Waals surface area contributed by atoms with Crippen molar-refractivity contribution < 1.29 is 4.79 Å². The molecule has 0 aromatic heterocycles. The van der Waals surface area contributed by atoms with Gasteiger partial charge in [0.15, 0.2) is 5.78 Å². The van der Waals surface area contributed by atoms with Gasteiger partial charge in [0.1, 0.15) is 0 Å². The molecular formula is C12H12BrClO. The van der Waals surface area contributed by atoms with Crippen LogP contribution < -0.4 is 0 Å². The fourth-order valence-electron chi connectivity index (χ4n) is 2.07. The van der Waals surface area contributed by atoms with Crippen molar-refractivity contribution in [2.75, 3.05) is 0 Å². The third-order valence-electron chi connectivity index (χ3n) is 2.93. The predicted octanol–water partition coefficient (Wildman–Crippen LogP) is 4.48.